The lowest BCUT2D eigenvalue weighted by atomic mass is 10.1. The highest BCUT2D eigenvalue weighted by Gasteiger charge is 2.50. The van der Waals surface area contributed by atoms with Crippen LogP contribution in [0.5, 0.6) is 0 Å². The molecule has 0 bridgehead atoms. The second-order valence-corrected chi connectivity index (χ2v) is 7.34. The van der Waals surface area contributed by atoms with Crippen LogP contribution in [0.3, 0.4) is 0 Å². The van der Waals surface area contributed by atoms with Gasteiger partial charge in [-0.1, -0.05) is 28.1 Å². The van der Waals surface area contributed by atoms with E-state index in [1.54, 1.807) is 18.2 Å². The predicted molar refractivity (Wildman–Crippen MR) is 70.1 cm³/mol. The van der Waals surface area contributed by atoms with Crippen LogP contribution in [0.4, 0.5) is 0 Å². The van der Waals surface area contributed by atoms with Crippen molar-refractivity contribution in [2.45, 2.75) is 17.7 Å². The van der Waals surface area contributed by atoms with Crippen molar-refractivity contribution in [1.29, 1.82) is 0 Å². The molecule has 0 atom stereocenters. The van der Waals surface area contributed by atoms with E-state index in [9.17, 15) is 13.2 Å². The molecule has 3 rings (SSSR count). The lowest BCUT2D eigenvalue weighted by Crippen LogP contribution is -2.36. The number of alkyl halides is 1. The number of carbonyl (C=O) groups is 1. The Balaban J connectivity index is 2.02. The van der Waals surface area contributed by atoms with Gasteiger partial charge in [0.1, 0.15) is 4.90 Å². The number of hydrogen-bond acceptors (Lipinski definition) is 3. The van der Waals surface area contributed by atoms with Crippen LogP contribution in [-0.2, 0) is 10.0 Å². The van der Waals surface area contributed by atoms with Gasteiger partial charge in [0.15, 0.2) is 0 Å². The first kappa shape index (κ1) is 12.2. The van der Waals surface area contributed by atoms with E-state index in [-0.39, 0.29) is 16.9 Å². The van der Waals surface area contributed by atoms with Crippen molar-refractivity contribution in [3.8, 4) is 0 Å². The number of nitrogens with zero attached hydrogens (tertiary/aromatic N) is 1. The fourth-order valence-corrected chi connectivity index (χ4v) is 4.62. The molecule has 0 spiro atoms. The van der Waals surface area contributed by atoms with Gasteiger partial charge in [-0.2, -0.15) is 0 Å². The number of hydrogen-bond donors (Lipinski definition) is 0. The smallest absolute Gasteiger partial charge is 0.268 e. The number of amides is 1. The zero-order chi connectivity index (χ0) is 13.0. The van der Waals surface area contributed by atoms with Gasteiger partial charge >= 0.3 is 0 Å². The van der Waals surface area contributed by atoms with Gasteiger partial charge in [0, 0.05) is 11.9 Å². The van der Waals surface area contributed by atoms with Crippen LogP contribution in [0.2, 0.25) is 0 Å². The van der Waals surface area contributed by atoms with Crippen molar-refractivity contribution in [3.63, 3.8) is 0 Å². The third-order valence-corrected chi connectivity index (χ3v) is 6.61. The van der Waals surface area contributed by atoms with Gasteiger partial charge in [-0.15, -0.1) is 0 Å². The fraction of sp³-hybridized carbons (Fsp3) is 0.417. The Kier molecular flexibility index (Phi) is 2.57. The summed E-state index contributed by atoms with van der Waals surface area (Å²) in [6, 6.07) is 6.40. The third-order valence-electron chi connectivity index (χ3n) is 3.63. The van der Waals surface area contributed by atoms with Crippen LogP contribution in [0.25, 0.3) is 0 Å². The summed E-state index contributed by atoms with van der Waals surface area (Å²) in [5.74, 6) is -0.391. The standard InChI is InChI=1S/C12H12BrNO3S/c13-7-12(5-6-12)8-14-11(15)9-3-1-2-4-10(9)18(14,16)17/h1-4H,5-8H2. The molecule has 0 radical (unpaired) electrons. The second-order valence-electron chi connectivity index (χ2n) is 4.95. The van der Waals surface area contributed by atoms with Crippen molar-refractivity contribution in [3.05, 3.63) is 29.8 Å². The zero-order valence-corrected chi connectivity index (χ0v) is 12.0. The van der Waals surface area contributed by atoms with Gasteiger partial charge in [-0.05, 0) is 30.4 Å². The Morgan fingerprint density at radius 2 is 1.94 bits per heavy atom. The molecule has 1 saturated carbocycles. The minimum atomic E-state index is -3.64. The zero-order valence-electron chi connectivity index (χ0n) is 9.60. The first-order valence-electron chi connectivity index (χ1n) is 5.72. The summed E-state index contributed by atoms with van der Waals surface area (Å²) in [6.07, 6.45) is 1.93. The predicted octanol–water partition coefficient (Wildman–Crippen LogP) is 2.01. The van der Waals surface area contributed by atoms with E-state index in [1.165, 1.54) is 6.07 Å². The van der Waals surface area contributed by atoms with E-state index in [2.05, 4.69) is 15.9 Å². The largest absolute Gasteiger partial charge is 0.269 e. The van der Waals surface area contributed by atoms with E-state index in [4.69, 9.17) is 0 Å². The van der Waals surface area contributed by atoms with Crippen molar-refractivity contribution >= 4 is 31.9 Å². The van der Waals surface area contributed by atoms with E-state index in [0.29, 0.717) is 5.56 Å². The van der Waals surface area contributed by atoms with Gasteiger partial charge < -0.3 is 0 Å². The molecule has 1 aliphatic heterocycles. The van der Waals surface area contributed by atoms with E-state index < -0.39 is 15.9 Å². The summed E-state index contributed by atoms with van der Waals surface area (Å²) in [4.78, 5) is 12.3. The lowest BCUT2D eigenvalue weighted by molar-refractivity contribution is 0.0855. The summed E-state index contributed by atoms with van der Waals surface area (Å²) in [5, 5.41) is 0.732. The summed E-state index contributed by atoms with van der Waals surface area (Å²) in [5.41, 5.74) is 0.244. The number of carbonyl (C=O) groups excluding carboxylic acids is 1. The third kappa shape index (κ3) is 1.62. The molecule has 0 unspecified atom stereocenters. The molecule has 0 N–H and O–H groups in total. The molecule has 1 fully saturated rings. The van der Waals surface area contributed by atoms with Crippen LogP contribution < -0.4 is 0 Å². The molecule has 0 saturated heterocycles. The van der Waals surface area contributed by atoms with Gasteiger partial charge in [-0.25, -0.2) is 12.7 Å². The maximum absolute atomic E-state index is 12.3. The average molecular weight is 330 g/mol. The van der Waals surface area contributed by atoms with Crippen LogP contribution >= 0.6 is 15.9 Å². The number of fused-ring (bicyclic) bond motifs is 1. The van der Waals surface area contributed by atoms with E-state index in [1.807, 2.05) is 0 Å². The molecule has 1 aromatic rings. The molecule has 96 valence electrons. The summed E-state index contributed by atoms with van der Waals surface area (Å²) >= 11 is 3.40. The van der Waals surface area contributed by atoms with Crippen molar-refractivity contribution in [2.75, 3.05) is 11.9 Å². The molecule has 1 aliphatic carbocycles. The van der Waals surface area contributed by atoms with Crippen LogP contribution in [-0.4, -0.2) is 30.5 Å². The molecule has 2 aliphatic rings. The number of halogens is 1. The SMILES string of the molecule is O=C1c2ccccc2S(=O)(=O)N1CC1(CBr)CC1. The summed E-state index contributed by atoms with van der Waals surface area (Å²) in [6.45, 7) is 0.286. The Bertz CT molecular complexity index is 622. The first-order valence-corrected chi connectivity index (χ1v) is 8.28. The Labute approximate surface area is 114 Å². The highest BCUT2D eigenvalue weighted by molar-refractivity contribution is 9.09. The minimum absolute atomic E-state index is 0.0508. The summed E-state index contributed by atoms with van der Waals surface area (Å²) < 4.78 is 25.6. The number of sulfonamides is 1. The van der Waals surface area contributed by atoms with Crippen LogP contribution in [0, 0.1) is 5.41 Å². The molecule has 1 heterocycles. The van der Waals surface area contributed by atoms with Crippen LogP contribution in [0.1, 0.15) is 23.2 Å². The minimum Gasteiger partial charge on any atom is -0.268 e. The van der Waals surface area contributed by atoms with Gasteiger partial charge in [-0.3, -0.25) is 4.79 Å². The maximum Gasteiger partial charge on any atom is 0.269 e. The number of benzene rings is 1. The Hall–Kier alpha value is -0.880. The van der Waals surface area contributed by atoms with Crippen molar-refractivity contribution in [2.24, 2.45) is 5.41 Å². The Morgan fingerprint density at radius 3 is 2.50 bits per heavy atom. The second kappa shape index (κ2) is 3.81. The maximum atomic E-state index is 12.3. The van der Waals surface area contributed by atoms with Gasteiger partial charge in [0.25, 0.3) is 15.9 Å². The van der Waals surface area contributed by atoms with Gasteiger partial charge in [0.05, 0.1) is 5.56 Å². The van der Waals surface area contributed by atoms with E-state index >= 15 is 0 Å². The van der Waals surface area contributed by atoms with Crippen LogP contribution in [0.15, 0.2) is 29.2 Å². The monoisotopic (exact) mass is 329 g/mol. The quantitative estimate of drug-likeness (QED) is 0.797. The molecule has 1 aromatic carbocycles. The van der Waals surface area contributed by atoms with Crippen molar-refractivity contribution < 1.29 is 13.2 Å². The first-order chi connectivity index (χ1) is 8.50. The average Bonchev–Trinajstić information content (AvgIpc) is 3.12. The summed E-state index contributed by atoms with van der Waals surface area (Å²) in [7, 11) is -3.64. The lowest BCUT2D eigenvalue weighted by Gasteiger charge is -2.20. The topological polar surface area (TPSA) is 54.5 Å². The number of rotatable bonds is 3. The molecular formula is C12H12BrNO3S. The molecular weight excluding hydrogens is 318 g/mol. The van der Waals surface area contributed by atoms with Gasteiger partial charge in [0.2, 0.25) is 0 Å². The molecule has 1 amide bonds. The highest BCUT2D eigenvalue weighted by Crippen LogP contribution is 2.49. The Morgan fingerprint density at radius 1 is 1.28 bits per heavy atom. The fourth-order valence-electron chi connectivity index (χ4n) is 2.20. The molecule has 18 heavy (non-hydrogen) atoms. The van der Waals surface area contributed by atoms with E-state index in [0.717, 1.165) is 22.5 Å². The molecule has 6 heteroatoms. The molecule has 4 nitrogen and oxygen atoms in total. The molecule has 0 aromatic heterocycles. The highest BCUT2D eigenvalue weighted by atomic mass is 79.9. The van der Waals surface area contributed by atoms with Crippen molar-refractivity contribution in [1.82, 2.24) is 4.31 Å². The normalized spacial score (nSPS) is 22.9.